The molecule has 0 unspecified atom stereocenters. The number of esters is 1. The van der Waals surface area contributed by atoms with Crippen LogP contribution in [0, 0.1) is 0 Å². The van der Waals surface area contributed by atoms with Gasteiger partial charge in [-0.1, -0.05) is 125 Å². The minimum Gasteiger partial charge on any atom is -0.507 e. The summed E-state index contributed by atoms with van der Waals surface area (Å²) in [4.78, 5) is 28.4. The van der Waals surface area contributed by atoms with Gasteiger partial charge in [-0.2, -0.15) is 0 Å². The zero-order chi connectivity index (χ0) is 41.0. The van der Waals surface area contributed by atoms with E-state index in [4.69, 9.17) is 4.74 Å². The van der Waals surface area contributed by atoms with Crippen LogP contribution < -0.4 is 4.74 Å². The van der Waals surface area contributed by atoms with Gasteiger partial charge in [-0.15, -0.1) is 11.8 Å². The zero-order valence-electron chi connectivity index (χ0n) is 35.8. The van der Waals surface area contributed by atoms with Crippen molar-refractivity contribution >= 4 is 23.7 Å². The smallest absolute Gasteiger partial charge is 0.343 e. The summed E-state index contributed by atoms with van der Waals surface area (Å²) in [6.07, 6.45) is 0.409. The van der Waals surface area contributed by atoms with Gasteiger partial charge in [0.15, 0.2) is 0 Å². The van der Waals surface area contributed by atoms with E-state index in [0.717, 1.165) is 16.0 Å². The number of rotatable bonds is 7. The molecule has 292 valence electrons. The maximum Gasteiger partial charge on any atom is 0.343 e. The Bertz CT molecular complexity index is 1800. The predicted octanol–water partition coefficient (Wildman–Crippen LogP) is 12.1. The summed E-state index contributed by atoms with van der Waals surface area (Å²) in [7, 11) is 0. The second kappa shape index (κ2) is 14.7. The van der Waals surface area contributed by atoms with Gasteiger partial charge in [0, 0.05) is 44.0 Å². The summed E-state index contributed by atoms with van der Waals surface area (Å²) >= 11 is 1.62. The molecule has 0 heterocycles. The lowest BCUT2D eigenvalue weighted by molar-refractivity contribution is 0.0695. The summed E-state index contributed by atoms with van der Waals surface area (Å²) in [5, 5.41) is 33.3. The number of benzene rings is 3. The average Bonchev–Trinajstić information content (AvgIpc) is 2.94. The van der Waals surface area contributed by atoms with Crippen LogP contribution in [0.2, 0.25) is 0 Å². The van der Waals surface area contributed by atoms with Gasteiger partial charge >= 0.3 is 11.9 Å². The normalized spacial score (nSPS) is 13.3. The molecule has 3 aromatic rings. The largest absolute Gasteiger partial charge is 0.507 e. The van der Waals surface area contributed by atoms with Crippen LogP contribution in [0.1, 0.15) is 184 Å². The Morgan fingerprint density at radius 3 is 1.28 bits per heavy atom. The van der Waals surface area contributed by atoms with Gasteiger partial charge in [0.1, 0.15) is 17.2 Å². The molecule has 53 heavy (non-hydrogen) atoms. The molecule has 3 rings (SSSR count). The number of phenols is 2. The molecule has 3 aromatic carbocycles. The van der Waals surface area contributed by atoms with Crippen LogP contribution in [0.5, 0.6) is 17.2 Å². The SMILES string of the molecule is CC(C)(C)c1cc(SCCc2c(C(=O)O)cc(C(C)(C)C)c(OC(=O)c3cc(C(C)(C)C)c(O)c(C(C)(C)C)c3)c2C(C)(C)C)cc(C(C)(C)C)c1O. The lowest BCUT2D eigenvalue weighted by Gasteiger charge is -2.33. The molecule has 0 radical (unpaired) electrons. The molecule has 0 aliphatic heterocycles. The fourth-order valence-electron chi connectivity index (χ4n) is 6.76. The minimum atomic E-state index is -1.03. The highest BCUT2D eigenvalue weighted by Crippen LogP contribution is 2.46. The van der Waals surface area contributed by atoms with E-state index in [9.17, 15) is 24.9 Å². The number of ether oxygens (including phenoxy) is 1. The van der Waals surface area contributed by atoms with Crippen molar-refractivity contribution < 1.29 is 29.6 Å². The van der Waals surface area contributed by atoms with Crippen LogP contribution >= 0.6 is 11.8 Å². The maximum absolute atomic E-state index is 14.4. The number of thioether (sulfide) groups is 1. The number of hydrogen-bond donors (Lipinski definition) is 3. The zero-order valence-corrected chi connectivity index (χ0v) is 36.6. The van der Waals surface area contributed by atoms with Gasteiger partial charge in [-0.05, 0) is 74.8 Å². The number of aromatic carboxylic acids is 1. The van der Waals surface area contributed by atoms with E-state index in [-0.39, 0.29) is 22.1 Å². The molecular formula is C46H66O6S. The van der Waals surface area contributed by atoms with E-state index >= 15 is 0 Å². The highest BCUT2D eigenvalue weighted by Gasteiger charge is 2.36. The standard InChI is InChI=1S/C46H66O6S/c1-41(2,3)30-21-26(22-31(36(30)47)42(4,5)6)40(51)52-38-34(45(13,14)15)25-29(39(49)50)28(35(38)46(16,17)18)19-20-53-27-23-32(43(7,8)9)37(48)33(24-27)44(10,11)12/h21-25,47-48H,19-20H2,1-18H3,(H,49,50). The van der Waals surface area contributed by atoms with Crippen LogP contribution in [0.3, 0.4) is 0 Å². The van der Waals surface area contributed by atoms with Crippen LogP contribution in [0.4, 0.5) is 0 Å². The quantitative estimate of drug-likeness (QED) is 0.126. The monoisotopic (exact) mass is 746 g/mol. The maximum atomic E-state index is 14.4. The minimum absolute atomic E-state index is 0.177. The molecule has 0 aliphatic rings. The second-order valence-electron chi connectivity index (χ2n) is 20.7. The van der Waals surface area contributed by atoms with Crippen molar-refractivity contribution in [1.82, 2.24) is 0 Å². The van der Waals surface area contributed by atoms with E-state index in [2.05, 4.69) is 41.5 Å². The van der Waals surface area contributed by atoms with Gasteiger partial charge in [0.05, 0.1) is 11.1 Å². The summed E-state index contributed by atoms with van der Waals surface area (Å²) in [6, 6.07) is 9.22. The van der Waals surface area contributed by atoms with E-state index in [0.29, 0.717) is 57.1 Å². The highest BCUT2D eigenvalue weighted by atomic mass is 32.2. The number of hydrogen-bond acceptors (Lipinski definition) is 6. The Kier molecular flexibility index (Phi) is 12.2. The number of phenolic OH excluding ortho intramolecular Hbond substituents is 2. The topological polar surface area (TPSA) is 104 Å². The van der Waals surface area contributed by atoms with Crippen molar-refractivity contribution in [2.24, 2.45) is 0 Å². The Balaban J connectivity index is 2.28. The third-order valence-electron chi connectivity index (χ3n) is 9.65. The number of carboxylic acid groups (broad SMARTS) is 1. The lowest BCUT2D eigenvalue weighted by Crippen LogP contribution is -2.26. The summed E-state index contributed by atoms with van der Waals surface area (Å²) in [5.41, 5.74) is 2.94. The van der Waals surface area contributed by atoms with E-state index < -0.39 is 33.6 Å². The molecule has 0 aliphatic carbocycles. The van der Waals surface area contributed by atoms with Gasteiger partial charge in [0.25, 0.3) is 0 Å². The van der Waals surface area contributed by atoms with Crippen LogP contribution in [0.15, 0.2) is 35.2 Å². The van der Waals surface area contributed by atoms with Crippen LogP contribution in [-0.4, -0.2) is 33.0 Å². The number of carbonyl (C=O) groups excluding carboxylic acids is 1. The third kappa shape index (κ3) is 10.0. The molecule has 0 saturated heterocycles. The van der Waals surface area contributed by atoms with Crippen molar-refractivity contribution in [3.8, 4) is 17.2 Å². The molecule has 0 bridgehead atoms. The molecular weight excluding hydrogens is 681 g/mol. The summed E-state index contributed by atoms with van der Waals surface area (Å²) < 4.78 is 6.50. The number of carbonyl (C=O) groups is 2. The van der Waals surface area contributed by atoms with Crippen molar-refractivity contribution in [2.45, 2.75) is 168 Å². The van der Waals surface area contributed by atoms with Crippen molar-refractivity contribution in [1.29, 1.82) is 0 Å². The molecule has 0 amide bonds. The fourth-order valence-corrected chi connectivity index (χ4v) is 7.71. The number of carboxylic acids is 1. The molecule has 6 nitrogen and oxygen atoms in total. The van der Waals surface area contributed by atoms with E-state index in [1.807, 2.05) is 95.2 Å². The molecule has 3 N–H and O–H groups in total. The Morgan fingerprint density at radius 1 is 0.566 bits per heavy atom. The molecule has 0 fully saturated rings. The van der Waals surface area contributed by atoms with Gasteiger partial charge in [0.2, 0.25) is 0 Å². The summed E-state index contributed by atoms with van der Waals surface area (Å²) in [6.45, 7) is 36.6. The first-order chi connectivity index (χ1) is 23.7. The van der Waals surface area contributed by atoms with E-state index in [1.54, 1.807) is 30.0 Å². The molecule has 0 aromatic heterocycles. The Hall–Kier alpha value is -3.45. The third-order valence-corrected chi connectivity index (χ3v) is 10.6. The second-order valence-corrected chi connectivity index (χ2v) is 21.9. The number of aromatic hydroxyl groups is 2. The average molecular weight is 747 g/mol. The van der Waals surface area contributed by atoms with Crippen molar-refractivity contribution in [3.63, 3.8) is 0 Å². The van der Waals surface area contributed by atoms with Crippen LogP contribution in [-0.2, 0) is 38.9 Å². The van der Waals surface area contributed by atoms with E-state index in [1.165, 1.54) is 0 Å². The van der Waals surface area contributed by atoms with Gasteiger partial charge in [-0.3, -0.25) is 0 Å². The van der Waals surface area contributed by atoms with Crippen molar-refractivity contribution in [3.05, 3.63) is 80.4 Å². The fraction of sp³-hybridized carbons (Fsp3) is 0.565. The molecule has 0 atom stereocenters. The molecule has 0 spiro atoms. The van der Waals surface area contributed by atoms with Gasteiger partial charge in [-0.25, -0.2) is 9.59 Å². The highest BCUT2D eigenvalue weighted by molar-refractivity contribution is 7.99. The van der Waals surface area contributed by atoms with Crippen LogP contribution in [0.25, 0.3) is 0 Å². The van der Waals surface area contributed by atoms with Crippen molar-refractivity contribution in [2.75, 3.05) is 5.75 Å². The first-order valence-corrected chi connectivity index (χ1v) is 19.7. The molecule has 0 saturated carbocycles. The van der Waals surface area contributed by atoms with Gasteiger partial charge < -0.3 is 20.1 Å². The Morgan fingerprint density at radius 2 is 0.943 bits per heavy atom. The Labute approximate surface area is 324 Å². The predicted molar refractivity (Wildman–Crippen MR) is 221 cm³/mol. The lowest BCUT2D eigenvalue weighted by atomic mass is 9.75. The molecule has 7 heteroatoms. The first kappa shape index (κ1) is 44.0. The summed E-state index contributed by atoms with van der Waals surface area (Å²) in [5.74, 6) is -0.149. The first-order valence-electron chi connectivity index (χ1n) is 18.7.